The summed E-state index contributed by atoms with van der Waals surface area (Å²) in [6, 6.07) is 18.5. The lowest BCUT2D eigenvalue weighted by molar-refractivity contribution is 0.102. The van der Waals surface area contributed by atoms with Crippen LogP contribution in [0, 0.1) is 0 Å². The number of methoxy groups -OCH3 is 1. The number of carbonyl (C=O) groups excluding carboxylic acids is 1. The molecule has 0 atom stereocenters. The minimum atomic E-state index is -0.737. The average Bonchev–Trinajstić information content (AvgIpc) is 2.85. The maximum absolute atomic E-state index is 13.2. The van der Waals surface area contributed by atoms with Crippen molar-refractivity contribution in [3.8, 4) is 28.3 Å². The van der Waals surface area contributed by atoms with Crippen molar-refractivity contribution in [3.63, 3.8) is 0 Å². The van der Waals surface area contributed by atoms with Gasteiger partial charge < -0.3 is 4.74 Å². The molecular weight excluding hydrogens is 422 g/mol. The number of aromatic nitrogens is 4. The fourth-order valence-electron chi connectivity index (χ4n) is 3.54. The number of ether oxygens (including phenoxy) is 1. The fourth-order valence-corrected chi connectivity index (χ4v) is 3.54. The molecule has 0 radical (unpaired) electrons. The number of rotatable bonds is 5. The minimum absolute atomic E-state index is 0.0285. The average molecular weight is 443 g/mol. The maximum atomic E-state index is 13.2. The maximum Gasteiger partial charge on any atom is 0.330 e. The molecule has 2 aromatic heterocycles. The van der Waals surface area contributed by atoms with E-state index in [9.17, 15) is 14.4 Å². The largest absolute Gasteiger partial charge is 0.481 e. The van der Waals surface area contributed by atoms with Crippen molar-refractivity contribution in [1.82, 2.24) is 19.1 Å². The molecule has 4 rings (SSSR count). The van der Waals surface area contributed by atoms with Crippen LogP contribution in [0.5, 0.6) is 5.88 Å². The number of nitrogens with one attached hydrogen (secondary N) is 1. The van der Waals surface area contributed by atoms with Crippen LogP contribution in [-0.2, 0) is 14.1 Å². The highest BCUT2D eigenvalue weighted by molar-refractivity contribution is 6.07. The van der Waals surface area contributed by atoms with E-state index in [0.717, 1.165) is 15.7 Å². The number of hydrogen-bond acceptors (Lipinski definition) is 6. The van der Waals surface area contributed by atoms with Crippen LogP contribution in [0.25, 0.3) is 22.4 Å². The highest BCUT2D eigenvalue weighted by atomic mass is 16.5. The van der Waals surface area contributed by atoms with E-state index < -0.39 is 17.2 Å². The third-order valence-corrected chi connectivity index (χ3v) is 5.20. The van der Waals surface area contributed by atoms with Crippen molar-refractivity contribution in [2.45, 2.75) is 0 Å². The highest BCUT2D eigenvalue weighted by Gasteiger charge is 2.24. The SMILES string of the molecule is COc1ccnc(NC(=O)c2c(-c3cccc(-c4ccccc4)c3)n(C)c(=O)n(C)c2=O)n1. The quantitative estimate of drug-likeness (QED) is 0.508. The molecule has 9 nitrogen and oxygen atoms in total. The second-order valence-corrected chi connectivity index (χ2v) is 7.25. The Bertz CT molecular complexity index is 1460. The van der Waals surface area contributed by atoms with Gasteiger partial charge in [-0.1, -0.05) is 48.5 Å². The first-order valence-corrected chi connectivity index (χ1v) is 10.0. The van der Waals surface area contributed by atoms with E-state index >= 15 is 0 Å². The van der Waals surface area contributed by atoms with Gasteiger partial charge in [0.1, 0.15) is 5.56 Å². The van der Waals surface area contributed by atoms with Crippen LogP contribution in [0.15, 0.2) is 76.4 Å². The Labute approximate surface area is 189 Å². The molecule has 0 fully saturated rings. The van der Waals surface area contributed by atoms with E-state index in [2.05, 4.69) is 15.3 Å². The summed E-state index contributed by atoms with van der Waals surface area (Å²) in [5, 5.41) is 2.53. The lowest BCUT2D eigenvalue weighted by atomic mass is 9.99. The van der Waals surface area contributed by atoms with Gasteiger partial charge in [0.2, 0.25) is 11.8 Å². The third-order valence-electron chi connectivity index (χ3n) is 5.20. The predicted molar refractivity (Wildman–Crippen MR) is 124 cm³/mol. The molecule has 0 saturated carbocycles. The van der Waals surface area contributed by atoms with Gasteiger partial charge in [0.25, 0.3) is 11.5 Å². The van der Waals surface area contributed by atoms with Crippen molar-refractivity contribution in [3.05, 3.63) is 93.3 Å². The van der Waals surface area contributed by atoms with Crippen molar-refractivity contribution in [2.24, 2.45) is 14.1 Å². The molecule has 0 spiro atoms. The van der Waals surface area contributed by atoms with E-state index in [4.69, 9.17) is 4.74 Å². The van der Waals surface area contributed by atoms with Gasteiger partial charge in [0.05, 0.1) is 12.8 Å². The molecule has 2 aromatic carbocycles. The second kappa shape index (κ2) is 8.91. The summed E-state index contributed by atoms with van der Waals surface area (Å²) >= 11 is 0. The topological polar surface area (TPSA) is 108 Å². The Hall–Kier alpha value is -4.53. The smallest absolute Gasteiger partial charge is 0.330 e. The van der Waals surface area contributed by atoms with Gasteiger partial charge >= 0.3 is 5.69 Å². The predicted octanol–water partition coefficient (Wildman–Crippen LogP) is 2.47. The van der Waals surface area contributed by atoms with Crippen molar-refractivity contribution in [2.75, 3.05) is 12.4 Å². The van der Waals surface area contributed by atoms with Gasteiger partial charge in [-0.25, -0.2) is 9.78 Å². The zero-order chi connectivity index (χ0) is 23.5. The number of carbonyl (C=O) groups is 1. The van der Waals surface area contributed by atoms with Gasteiger partial charge in [0, 0.05) is 26.4 Å². The summed E-state index contributed by atoms with van der Waals surface area (Å²) in [6.07, 6.45) is 1.42. The Balaban J connectivity index is 1.88. The molecular formula is C24H21N5O4. The molecule has 166 valence electrons. The molecule has 0 aliphatic rings. The summed E-state index contributed by atoms with van der Waals surface area (Å²) in [4.78, 5) is 47.1. The molecule has 0 unspecified atom stereocenters. The fraction of sp³-hybridized carbons (Fsp3) is 0.125. The van der Waals surface area contributed by atoms with Gasteiger partial charge in [-0.3, -0.25) is 24.0 Å². The Morgan fingerprint density at radius 3 is 2.33 bits per heavy atom. The molecule has 2 heterocycles. The number of nitrogens with zero attached hydrogens (tertiary/aromatic N) is 4. The first-order valence-electron chi connectivity index (χ1n) is 10.0. The Morgan fingerprint density at radius 1 is 0.909 bits per heavy atom. The normalized spacial score (nSPS) is 10.6. The third kappa shape index (κ3) is 4.16. The van der Waals surface area contributed by atoms with E-state index in [-0.39, 0.29) is 23.1 Å². The Morgan fingerprint density at radius 2 is 1.61 bits per heavy atom. The van der Waals surface area contributed by atoms with Gasteiger partial charge in [-0.2, -0.15) is 4.98 Å². The van der Waals surface area contributed by atoms with Gasteiger partial charge in [-0.05, 0) is 22.8 Å². The van der Waals surface area contributed by atoms with Crippen LogP contribution < -0.4 is 21.3 Å². The lowest BCUT2D eigenvalue weighted by Gasteiger charge is -2.16. The lowest BCUT2D eigenvalue weighted by Crippen LogP contribution is -2.42. The molecule has 33 heavy (non-hydrogen) atoms. The van der Waals surface area contributed by atoms with E-state index in [1.165, 1.54) is 38.0 Å². The number of anilines is 1. The van der Waals surface area contributed by atoms with Crippen LogP contribution in [-0.4, -0.2) is 32.1 Å². The molecule has 1 N–H and O–H groups in total. The van der Waals surface area contributed by atoms with E-state index in [0.29, 0.717) is 5.56 Å². The van der Waals surface area contributed by atoms with Gasteiger partial charge in [-0.15, -0.1) is 0 Å². The summed E-state index contributed by atoms with van der Waals surface area (Å²) < 4.78 is 7.23. The molecule has 9 heteroatoms. The van der Waals surface area contributed by atoms with Crippen LogP contribution in [0.1, 0.15) is 10.4 Å². The standard InChI is InChI=1S/C24H21N5O4/c1-28-20(17-11-7-10-16(14-17)15-8-5-4-6-9-15)19(22(31)29(2)24(28)32)21(30)27-23-25-13-12-18(26-23)33-3/h4-14H,1-3H3,(H,25,26,27,30). The summed E-state index contributed by atoms with van der Waals surface area (Å²) in [5.74, 6) is -0.511. The van der Waals surface area contributed by atoms with Crippen molar-refractivity contribution >= 4 is 11.9 Å². The van der Waals surface area contributed by atoms with Crippen LogP contribution in [0.2, 0.25) is 0 Å². The summed E-state index contributed by atoms with van der Waals surface area (Å²) in [6.45, 7) is 0. The highest BCUT2D eigenvalue weighted by Crippen LogP contribution is 2.27. The molecule has 0 saturated heterocycles. The first kappa shape index (κ1) is 21.7. The van der Waals surface area contributed by atoms with Crippen molar-refractivity contribution < 1.29 is 9.53 Å². The molecule has 0 bridgehead atoms. The molecule has 1 amide bonds. The number of benzene rings is 2. The molecule has 4 aromatic rings. The monoisotopic (exact) mass is 443 g/mol. The summed E-state index contributed by atoms with van der Waals surface area (Å²) in [5.41, 5.74) is 1.11. The van der Waals surface area contributed by atoms with Crippen LogP contribution in [0.4, 0.5) is 5.95 Å². The molecule has 0 aliphatic heterocycles. The number of amides is 1. The van der Waals surface area contributed by atoms with Crippen LogP contribution >= 0.6 is 0 Å². The summed E-state index contributed by atoms with van der Waals surface area (Å²) in [7, 11) is 4.28. The molecule has 0 aliphatic carbocycles. The minimum Gasteiger partial charge on any atom is -0.481 e. The van der Waals surface area contributed by atoms with E-state index in [1.54, 1.807) is 6.07 Å². The van der Waals surface area contributed by atoms with Crippen LogP contribution in [0.3, 0.4) is 0 Å². The first-order chi connectivity index (χ1) is 15.9. The van der Waals surface area contributed by atoms with Crippen molar-refractivity contribution in [1.29, 1.82) is 0 Å². The zero-order valence-corrected chi connectivity index (χ0v) is 18.3. The van der Waals surface area contributed by atoms with Gasteiger partial charge in [0.15, 0.2) is 0 Å². The second-order valence-electron chi connectivity index (χ2n) is 7.25. The van der Waals surface area contributed by atoms with E-state index in [1.807, 2.05) is 48.5 Å². The Kier molecular flexibility index (Phi) is 5.86. The number of hydrogen-bond donors (Lipinski definition) is 1. The zero-order valence-electron chi connectivity index (χ0n) is 18.3.